The maximum Gasteiger partial charge on any atom is 0.261 e. The minimum absolute atomic E-state index is 0.00491. The number of hydrogen-bond donors (Lipinski definition) is 1. The number of carbonyl (C=O) groups excluding carboxylic acids is 2. The molecule has 0 spiro atoms. The zero-order chi connectivity index (χ0) is 22.1. The highest BCUT2D eigenvalue weighted by Crippen LogP contribution is 2.57. The first-order valence-electron chi connectivity index (χ1n) is 11.6. The van der Waals surface area contributed by atoms with Crippen LogP contribution in [0.1, 0.15) is 54.4 Å². The number of aliphatic hydroxyl groups excluding tert-OH is 1. The molecule has 0 radical (unpaired) electrons. The van der Waals surface area contributed by atoms with Crippen LogP contribution in [-0.2, 0) is 14.3 Å². The number of amides is 1. The maximum atomic E-state index is 13.3. The van der Waals surface area contributed by atoms with E-state index in [1.807, 2.05) is 13.8 Å². The van der Waals surface area contributed by atoms with E-state index in [2.05, 4.69) is 39.8 Å². The predicted octanol–water partition coefficient (Wildman–Crippen LogP) is 4.14. The molecule has 2 saturated heterocycles. The van der Waals surface area contributed by atoms with E-state index in [9.17, 15) is 14.7 Å². The smallest absolute Gasteiger partial charge is 0.261 e. The molecule has 1 saturated carbocycles. The molecule has 5 heteroatoms. The summed E-state index contributed by atoms with van der Waals surface area (Å²) in [4.78, 5) is 27.8. The molecule has 0 aromatic rings. The maximum absolute atomic E-state index is 13.3. The van der Waals surface area contributed by atoms with E-state index in [1.165, 1.54) is 4.90 Å². The van der Waals surface area contributed by atoms with Gasteiger partial charge in [0.15, 0.2) is 5.78 Å². The number of nitrogens with zero attached hydrogens (tertiary/aromatic N) is 1. The van der Waals surface area contributed by atoms with E-state index in [0.29, 0.717) is 17.8 Å². The van der Waals surface area contributed by atoms with E-state index < -0.39 is 6.04 Å². The highest BCUT2D eigenvalue weighted by molar-refractivity contribution is 6.26. The van der Waals surface area contributed by atoms with Crippen molar-refractivity contribution in [1.29, 1.82) is 0 Å². The fourth-order valence-corrected chi connectivity index (χ4v) is 6.86. The number of rotatable bonds is 3. The molecule has 5 nitrogen and oxygen atoms in total. The molecule has 2 heterocycles. The minimum Gasteiger partial charge on any atom is -0.511 e. The van der Waals surface area contributed by atoms with Crippen molar-refractivity contribution in [3.63, 3.8) is 0 Å². The summed E-state index contributed by atoms with van der Waals surface area (Å²) >= 11 is 0. The van der Waals surface area contributed by atoms with Crippen LogP contribution in [0.15, 0.2) is 23.5 Å². The Kier molecular flexibility index (Phi) is 5.20. The van der Waals surface area contributed by atoms with Crippen LogP contribution in [0.2, 0.25) is 0 Å². The van der Waals surface area contributed by atoms with E-state index in [-0.39, 0.29) is 58.4 Å². The molecule has 9 atom stereocenters. The van der Waals surface area contributed by atoms with Gasteiger partial charge >= 0.3 is 0 Å². The number of ether oxygens (including phenoxy) is 1. The summed E-state index contributed by atoms with van der Waals surface area (Å²) in [5, 5.41) is 11.6. The van der Waals surface area contributed by atoms with Gasteiger partial charge in [-0.2, -0.15) is 0 Å². The number of fused-ring (bicyclic) bond motifs is 1. The summed E-state index contributed by atoms with van der Waals surface area (Å²) in [6, 6.07) is -0.501. The van der Waals surface area contributed by atoms with Gasteiger partial charge in [-0.25, -0.2) is 0 Å². The Hall–Kier alpha value is -1.62. The van der Waals surface area contributed by atoms with Crippen LogP contribution in [0.4, 0.5) is 0 Å². The topological polar surface area (TPSA) is 70.1 Å². The summed E-state index contributed by atoms with van der Waals surface area (Å²) in [5.41, 5.74) is -0.347. The lowest BCUT2D eigenvalue weighted by atomic mass is 9.56. The van der Waals surface area contributed by atoms with Crippen molar-refractivity contribution in [1.82, 2.24) is 4.90 Å². The number of aliphatic hydroxyl groups is 1. The van der Waals surface area contributed by atoms with Gasteiger partial charge in [0.05, 0.1) is 17.7 Å². The summed E-state index contributed by atoms with van der Waals surface area (Å²) < 4.78 is 5.99. The van der Waals surface area contributed by atoms with Crippen molar-refractivity contribution in [3.05, 3.63) is 23.5 Å². The molecular formula is C25H37NO4. The highest BCUT2D eigenvalue weighted by Gasteiger charge is 2.61. The van der Waals surface area contributed by atoms with Gasteiger partial charge in [-0.05, 0) is 56.3 Å². The second kappa shape index (κ2) is 7.22. The van der Waals surface area contributed by atoms with Gasteiger partial charge in [0.2, 0.25) is 0 Å². The lowest BCUT2D eigenvalue weighted by molar-refractivity contribution is -0.126. The lowest BCUT2D eigenvalue weighted by Crippen LogP contribution is -2.45. The number of likely N-dealkylation sites (N-methyl/N-ethyl adjacent to an activating group) is 1. The van der Waals surface area contributed by atoms with E-state index in [1.54, 1.807) is 7.05 Å². The van der Waals surface area contributed by atoms with Crippen LogP contribution in [0.3, 0.4) is 0 Å². The highest BCUT2D eigenvalue weighted by atomic mass is 16.6. The van der Waals surface area contributed by atoms with Gasteiger partial charge in [-0.15, -0.1) is 0 Å². The molecular weight excluding hydrogens is 378 g/mol. The van der Waals surface area contributed by atoms with Crippen LogP contribution >= 0.6 is 0 Å². The first-order chi connectivity index (χ1) is 14.0. The summed E-state index contributed by atoms with van der Waals surface area (Å²) in [6.45, 7) is 12.6. The van der Waals surface area contributed by atoms with Crippen molar-refractivity contribution >= 4 is 11.7 Å². The Bertz CT molecular complexity index is 814. The molecule has 1 N–H and O–H groups in total. The summed E-state index contributed by atoms with van der Waals surface area (Å²) in [7, 11) is 1.67. The van der Waals surface area contributed by atoms with Crippen molar-refractivity contribution < 1.29 is 19.4 Å². The van der Waals surface area contributed by atoms with E-state index in [0.717, 1.165) is 12.8 Å². The van der Waals surface area contributed by atoms with Gasteiger partial charge in [0, 0.05) is 18.9 Å². The SMILES string of the molecule is CC(C)[C@H]1C(=O)/C(=C(/O)[C@H]2[C@@H]3[C@H](C)C[C@H](C)C[C@@H]3C=C[C@@H]2[C@]2(C)O[C@H]2C)C(=O)N1C. The monoisotopic (exact) mass is 415 g/mol. The van der Waals surface area contributed by atoms with Gasteiger partial charge in [0.1, 0.15) is 11.3 Å². The molecule has 30 heavy (non-hydrogen) atoms. The van der Waals surface area contributed by atoms with Crippen molar-refractivity contribution in [3.8, 4) is 0 Å². The Morgan fingerprint density at radius 3 is 2.37 bits per heavy atom. The largest absolute Gasteiger partial charge is 0.511 e. The molecule has 3 fully saturated rings. The molecule has 166 valence electrons. The number of likely N-dealkylation sites (tertiary alicyclic amines) is 1. The quantitative estimate of drug-likeness (QED) is 0.247. The average molecular weight is 416 g/mol. The number of epoxide rings is 1. The molecule has 0 bridgehead atoms. The third-order valence-electron chi connectivity index (χ3n) is 8.48. The summed E-state index contributed by atoms with van der Waals surface area (Å²) in [5.74, 6) is 0.745. The average Bonchev–Trinajstić information content (AvgIpc) is 3.19. The Morgan fingerprint density at radius 2 is 1.83 bits per heavy atom. The van der Waals surface area contributed by atoms with Gasteiger partial charge in [-0.1, -0.05) is 39.8 Å². The predicted molar refractivity (Wildman–Crippen MR) is 116 cm³/mol. The summed E-state index contributed by atoms with van der Waals surface area (Å²) in [6.07, 6.45) is 6.80. The normalized spacial score (nSPS) is 47.7. The number of Topliss-reactive ketones (excluding diaryl/α,β-unsaturated/α-hetero) is 1. The number of carbonyl (C=O) groups is 2. The fraction of sp³-hybridized carbons (Fsp3) is 0.760. The molecule has 0 aromatic carbocycles. The van der Waals surface area contributed by atoms with Crippen molar-refractivity contribution in [2.45, 2.75) is 72.1 Å². The molecule has 4 rings (SSSR count). The van der Waals surface area contributed by atoms with Gasteiger partial charge in [0.25, 0.3) is 5.91 Å². The van der Waals surface area contributed by atoms with Crippen LogP contribution < -0.4 is 0 Å². The Balaban J connectivity index is 1.82. The minimum atomic E-state index is -0.501. The number of ketones is 1. The third-order valence-corrected chi connectivity index (χ3v) is 8.48. The lowest BCUT2D eigenvalue weighted by Gasteiger charge is -2.48. The Morgan fingerprint density at radius 1 is 1.20 bits per heavy atom. The zero-order valence-corrected chi connectivity index (χ0v) is 19.4. The van der Waals surface area contributed by atoms with E-state index >= 15 is 0 Å². The molecule has 0 aromatic heterocycles. The Labute approximate surface area is 180 Å². The standard InChI is InChI=1S/C25H37NO4/c1-12(2)21-23(28)20(24(29)26(21)7)22(27)19-17(25(6)15(5)30-25)9-8-16-11-13(3)10-14(4)18(16)19/h8-9,12-19,21,27H,10-11H2,1-7H3/b22-20-/t13-,14+,15-,16-,17-,18+,19+,21-,25+/m0/s1. The second-order valence-corrected chi connectivity index (χ2v) is 10.9. The molecule has 0 unspecified atom stereocenters. The van der Waals surface area contributed by atoms with Gasteiger partial charge in [-0.3, -0.25) is 9.59 Å². The van der Waals surface area contributed by atoms with E-state index in [4.69, 9.17) is 4.74 Å². The zero-order valence-electron chi connectivity index (χ0n) is 19.4. The molecule has 2 aliphatic heterocycles. The molecule has 1 amide bonds. The first-order valence-corrected chi connectivity index (χ1v) is 11.6. The number of allylic oxidation sites excluding steroid dienone is 2. The van der Waals surface area contributed by atoms with Crippen LogP contribution in [0, 0.1) is 41.4 Å². The molecule has 4 aliphatic rings. The van der Waals surface area contributed by atoms with Crippen LogP contribution in [0.25, 0.3) is 0 Å². The van der Waals surface area contributed by atoms with Crippen LogP contribution in [0.5, 0.6) is 0 Å². The van der Waals surface area contributed by atoms with Crippen LogP contribution in [-0.4, -0.2) is 46.5 Å². The van der Waals surface area contributed by atoms with Gasteiger partial charge < -0.3 is 14.7 Å². The fourth-order valence-electron chi connectivity index (χ4n) is 6.86. The van der Waals surface area contributed by atoms with Crippen molar-refractivity contribution in [2.24, 2.45) is 41.4 Å². The third kappa shape index (κ3) is 3.07. The van der Waals surface area contributed by atoms with Crippen molar-refractivity contribution in [2.75, 3.05) is 7.05 Å². The first kappa shape index (κ1) is 21.6. The second-order valence-electron chi connectivity index (χ2n) is 10.9. The number of hydrogen-bond acceptors (Lipinski definition) is 4. The molecule has 2 aliphatic carbocycles.